The Kier molecular flexibility index (Phi) is 5.96. The Balaban J connectivity index is 1.52. The maximum absolute atomic E-state index is 12.3. The first-order valence-electron chi connectivity index (χ1n) is 8.33. The summed E-state index contributed by atoms with van der Waals surface area (Å²) in [5.41, 5.74) is 2.01. The fraction of sp³-hybridized carbons (Fsp3) is 0.200. The maximum Gasteiger partial charge on any atom is 0.233 e. The van der Waals surface area contributed by atoms with Crippen molar-refractivity contribution in [1.82, 2.24) is 15.3 Å². The molecule has 1 atom stereocenters. The Morgan fingerprint density at radius 1 is 1.19 bits per heavy atom. The molecular weight excluding hydrogens is 346 g/mol. The van der Waals surface area contributed by atoms with E-state index in [-0.39, 0.29) is 11.2 Å². The molecule has 0 aliphatic carbocycles. The van der Waals surface area contributed by atoms with E-state index in [9.17, 15) is 4.79 Å². The van der Waals surface area contributed by atoms with Crippen LogP contribution >= 0.6 is 11.8 Å². The number of amides is 1. The molecule has 0 aliphatic rings. The average Bonchev–Trinajstić information content (AvgIpc) is 3.16. The summed E-state index contributed by atoms with van der Waals surface area (Å²) in [5.74, 6) is 1.51. The van der Waals surface area contributed by atoms with Gasteiger partial charge in [-0.2, -0.15) is 0 Å². The van der Waals surface area contributed by atoms with Gasteiger partial charge in [0.2, 0.25) is 5.91 Å². The summed E-state index contributed by atoms with van der Waals surface area (Å²) >= 11 is 1.51. The number of imidazole rings is 1. The van der Waals surface area contributed by atoms with Crippen LogP contribution in [-0.4, -0.2) is 28.2 Å². The molecule has 0 fully saturated rings. The number of carbonyl (C=O) groups is 1. The molecule has 26 heavy (non-hydrogen) atoms. The molecule has 0 saturated heterocycles. The highest BCUT2D eigenvalue weighted by atomic mass is 32.2. The number of hydrogen-bond donors (Lipinski definition) is 2. The van der Waals surface area contributed by atoms with Crippen molar-refractivity contribution in [3.05, 3.63) is 66.6 Å². The number of ether oxygens (including phenoxy) is 1. The Bertz CT molecular complexity index is 847. The quantitative estimate of drug-likeness (QED) is 0.622. The highest BCUT2D eigenvalue weighted by molar-refractivity contribution is 8.00. The van der Waals surface area contributed by atoms with E-state index in [0.29, 0.717) is 6.54 Å². The van der Waals surface area contributed by atoms with Gasteiger partial charge in [-0.25, -0.2) is 4.98 Å². The van der Waals surface area contributed by atoms with Crippen LogP contribution in [0.3, 0.4) is 0 Å². The van der Waals surface area contributed by atoms with E-state index in [4.69, 9.17) is 4.74 Å². The van der Waals surface area contributed by atoms with Crippen molar-refractivity contribution < 1.29 is 9.53 Å². The number of methoxy groups -OCH3 is 1. The molecule has 0 radical (unpaired) electrons. The van der Waals surface area contributed by atoms with Crippen molar-refractivity contribution in [2.24, 2.45) is 0 Å². The van der Waals surface area contributed by atoms with Crippen molar-refractivity contribution in [2.45, 2.75) is 23.6 Å². The fourth-order valence-electron chi connectivity index (χ4n) is 2.44. The Hall–Kier alpha value is -2.73. The minimum absolute atomic E-state index is 0.0246. The molecule has 5 nitrogen and oxygen atoms in total. The van der Waals surface area contributed by atoms with E-state index in [1.165, 1.54) is 11.8 Å². The zero-order chi connectivity index (χ0) is 18.4. The van der Waals surface area contributed by atoms with Crippen LogP contribution in [0.1, 0.15) is 12.7 Å². The monoisotopic (exact) mass is 367 g/mol. The third-order valence-electron chi connectivity index (χ3n) is 3.88. The molecule has 0 bridgehead atoms. The number of aromatic amines is 1. The molecule has 0 saturated carbocycles. The first-order valence-corrected chi connectivity index (χ1v) is 9.21. The van der Waals surface area contributed by atoms with Crippen LogP contribution in [-0.2, 0) is 11.3 Å². The van der Waals surface area contributed by atoms with E-state index in [1.807, 2.05) is 61.5 Å². The lowest BCUT2D eigenvalue weighted by Gasteiger charge is -2.11. The number of rotatable bonds is 7. The van der Waals surface area contributed by atoms with Crippen LogP contribution in [0.15, 0.2) is 65.7 Å². The second-order valence-corrected chi connectivity index (χ2v) is 7.18. The van der Waals surface area contributed by atoms with Gasteiger partial charge in [0.25, 0.3) is 0 Å². The lowest BCUT2D eigenvalue weighted by Crippen LogP contribution is -2.30. The van der Waals surface area contributed by atoms with Crippen LogP contribution in [0.5, 0.6) is 5.75 Å². The smallest absolute Gasteiger partial charge is 0.233 e. The maximum atomic E-state index is 12.3. The molecule has 6 heteroatoms. The molecule has 0 spiro atoms. The first kappa shape index (κ1) is 18.1. The van der Waals surface area contributed by atoms with Gasteiger partial charge in [-0.1, -0.05) is 30.3 Å². The van der Waals surface area contributed by atoms with E-state index >= 15 is 0 Å². The highest BCUT2D eigenvalue weighted by Gasteiger charge is 2.15. The number of benzene rings is 2. The summed E-state index contributed by atoms with van der Waals surface area (Å²) in [4.78, 5) is 20.9. The van der Waals surface area contributed by atoms with Crippen molar-refractivity contribution in [2.75, 3.05) is 7.11 Å². The molecular formula is C20H21N3O2S. The molecule has 3 aromatic rings. The van der Waals surface area contributed by atoms with Gasteiger partial charge >= 0.3 is 0 Å². The van der Waals surface area contributed by atoms with Crippen LogP contribution in [0.25, 0.3) is 11.3 Å². The van der Waals surface area contributed by atoms with Crippen molar-refractivity contribution in [3.63, 3.8) is 0 Å². The van der Waals surface area contributed by atoms with Gasteiger partial charge in [0.05, 0.1) is 30.8 Å². The minimum atomic E-state index is -0.202. The highest BCUT2D eigenvalue weighted by Crippen LogP contribution is 2.25. The van der Waals surface area contributed by atoms with Gasteiger partial charge in [-0.15, -0.1) is 11.8 Å². The lowest BCUT2D eigenvalue weighted by molar-refractivity contribution is -0.120. The predicted molar refractivity (Wildman–Crippen MR) is 104 cm³/mol. The predicted octanol–water partition coefficient (Wildman–Crippen LogP) is 3.88. The molecule has 2 aromatic carbocycles. The molecule has 2 N–H and O–H groups in total. The summed E-state index contributed by atoms with van der Waals surface area (Å²) in [6.07, 6.45) is 1.78. The lowest BCUT2D eigenvalue weighted by atomic mass is 10.2. The van der Waals surface area contributed by atoms with Gasteiger partial charge in [-0.3, -0.25) is 4.79 Å². The SMILES string of the molecule is COc1ccc(S[C@H](C)C(=O)NCc2ncc(-c3ccccc3)[nH]2)cc1. The van der Waals surface area contributed by atoms with Crippen LogP contribution in [0.2, 0.25) is 0 Å². The number of nitrogens with one attached hydrogen (secondary N) is 2. The van der Waals surface area contributed by atoms with Crippen LogP contribution < -0.4 is 10.1 Å². The molecule has 1 heterocycles. The Morgan fingerprint density at radius 2 is 1.92 bits per heavy atom. The number of hydrogen-bond acceptors (Lipinski definition) is 4. The van der Waals surface area contributed by atoms with Gasteiger partial charge in [0, 0.05) is 4.90 Å². The summed E-state index contributed by atoms with van der Waals surface area (Å²) < 4.78 is 5.14. The standard InChI is InChI=1S/C20H21N3O2S/c1-14(26-17-10-8-16(25-2)9-11-17)20(24)22-13-19-21-12-18(23-19)15-6-4-3-5-7-15/h3-12,14H,13H2,1-2H3,(H,21,23)(H,22,24)/t14-/m1/s1. The number of aromatic nitrogens is 2. The summed E-state index contributed by atoms with van der Waals surface area (Å²) in [7, 11) is 1.63. The molecule has 3 rings (SSSR count). The number of nitrogens with zero attached hydrogens (tertiary/aromatic N) is 1. The Morgan fingerprint density at radius 3 is 2.62 bits per heavy atom. The van der Waals surface area contributed by atoms with Gasteiger partial charge in [0.15, 0.2) is 0 Å². The van der Waals surface area contributed by atoms with Gasteiger partial charge < -0.3 is 15.0 Å². The van der Waals surface area contributed by atoms with E-state index in [2.05, 4.69) is 15.3 Å². The normalized spacial score (nSPS) is 11.8. The summed E-state index contributed by atoms with van der Waals surface area (Å²) in [6.45, 7) is 2.26. The Labute approximate surface area is 157 Å². The van der Waals surface area contributed by atoms with Crippen LogP contribution in [0.4, 0.5) is 0 Å². The molecule has 1 amide bonds. The zero-order valence-corrected chi connectivity index (χ0v) is 15.5. The zero-order valence-electron chi connectivity index (χ0n) is 14.7. The van der Waals surface area contributed by atoms with E-state index in [0.717, 1.165) is 27.7 Å². The number of thioether (sulfide) groups is 1. The third-order valence-corrected chi connectivity index (χ3v) is 5.00. The summed E-state index contributed by atoms with van der Waals surface area (Å²) in [6, 6.07) is 17.7. The van der Waals surface area contributed by atoms with Gasteiger partial charge in [0.1, 0.15) is 11.6 Å². The van der Waals surface area contributed by atoms with Crippen molar-refractivity contribution in [1.29, 1.82) is 0 Å². The molecule has 0 unspecified atom stereocenters. The molecule has 134 valence electrons. The largest absolute Gasteiger partial charge is 0.497 e. The third kappa shape index (κ3) is 4.67. The number of carbonyl (C=O) groups excluding carboxylic acids is 1. The average molecular weight is 367 g/mol. The fourth-order valence-corrected chi connectivity index (χ4v) is 3.34. The topological polar surface area (TPSA) is 67.0 Å². The van der Waals surface area contributed by atoms with Crippen LogP contribution in [0, 0.1) is 0 Å². The second kappa shape index (κ2) is 8.58. The molecule has 1 aromatic heterocycles. The summed E-state index contributed by atoms with van der Waals surface area (Å²) in [5, 5.41) is 2.73. The minimum Gasteiger partial charge on any atom is -0.497 e. The van der Waals surface area contributed by atoms with Gasteiger partial charge in [-0.05, 0) is 36.8 Å². The van der Waals surface area contributed by atoms with E-state index in [1.54, 1.807) is 13.3 Å². The second-order valence-electron chi connectivity index (χ2n) is 5.76. The van der Waals surface area contributed by atoms with Crippen molar-refractivity contribution in [3.8, 4) is 17.0 Å². The van der Waals surface area contributed by atoms with Crippen molar-refractivity contribution >= 4 is 17.7 Å². The van der Waals surface area contributed by atoms with E-state index < -0.39 is 0 Å². The first-order chi connectivity index (χ1) is 12.7. The number of H-pyrrole nitrogens is 1. The molecule has 0 aliphatic heterocycles.